The van der Waals surface area contributed by atoms with E-state index in [1.807, 2.05) is 13.1 Å². The zero-order valence-electron chi connectivity index (χ0n) is 10.5. The van der Waals surface area contributed by atoms with E-state index < -0.39 is 0 Å². The molecule has 1 aromatic heterocycles. The number of aryl methyl sites for hydroxylation is 1. The van der Waals surface area contributed by atoms with Crippen LogP contribution >= 0.6 is 0 Å². The summed E-state index contributed by atoms with van der Waals surface area (Å²) in [6.07, 6.45) is 5.82. The topological polar surface area (TPSA) is 24.9 Å². The van der Waals surface area contributed by atoms with Gasteiger partial charge in [-0.05, 0) is 50.2 Å². The standard InChI is InChI=1S/C14H22N2/c1-10-4-5-13(8-11(10)2)16-14-6-7-15-12(3)9-14/h6-7,9-11,13H,4-5,8H2,1-3H3,(H,15,16). The Bertz CT molecular complexity index is 348. The summed E-state index contributed by atoms with van der Waals surface area (Å²) < 4.78 is 0. The maximum absolute atomic E-state index is 4.22. The van der Waals surface area contributed by atoms with E-state index in [0.29, 0.717) is 6.04 Å². The highest BCUT2D eigenvalue weighted by atomic mass is 14.9. The Labute approximate surface area is 98.5 Å². The second-order valence-corrected chi connectivity index (χ2v) is 5.29. The molecule has 0 aromatic carbocycles. The molecule has 1 aliphatic rings. The van der Waals surface area contributed by atoms with Gasteiger partial charge in [0.25, 0.3) is 0 Å². The van der Waals surface area contributed by atoms with Crippen LogP contribution in [0.4, 0.5) is 5.69 Å². The Kier molecular flexibility index (Phi) is 3.47. The molecule has 0 radical (unpaired) electrons. The third-order valence-corrected chi connectivity index (χ3v) is 3.87. The van der Waals surface area contributed by atoms with Crippen molar-refractivity contribution < 1.29 is 0 Å². The summed E-state index contributed by atoms with van der Waals surface area (Å²) in [5, 5.41) is 3.63. The summed E-state index contributed by atoms with van der Waals surface area (Å²) in [5.74, 6) is 1.73. The van der Waals surface area contributed by atoms with E-state index in [2.05, 4.69) is 36.3 Å². The van der Waals surface area contributed by atoms with Gasteiger partial charge in [-0.1, -0.05) is 13.8 Å². The molecule has 1 saturated carbocycles. The summed E-state index contributed by atoms with van der Waals surface area (Å²) in [5.41, 5.74) is 2.31. The van der Waals surface area contributed by atoms with Gasteiger partial charge in [0.1, 0.15) is 0 Å². The van der Waals surface area contributed by atoms with Crippen molar-refractivity contribution in [2.75, 3.05) is 5.32 Å². The summed E-state index contributed by atoms with van der Waals surface area (Å²) in [6.45, 7) is 6.78. The van der Waals surface area contributed by atoms with Crippen LogP contribution in [0.5, 0.6) is 0 Å². The van der Waals surface area contributed by atoms with Crippen molar-refractivity contribution in [3.63, 3.8) is 0 Å². The minimum atomic E-state index is 0.646. The molecule has 88 valence electrons. The van der Waals surface area contributed by atoms with E-state index in [1.54, 1.807) is 0 Å². The van der Waals surface area contributed by atoms with Crippen LogP contribution < -0.4 is 5.32 Å². The molecule has 1 heterocycles. The highest BCUT2D eigenvalue weighted by Gasteiger charge is 2.24. The predicted octanol–water partition coefficient (Wildman–Crippen LogP) is 3.63. The number of rotatable bonds is 2. The average Bonchev–Trinajstić information content (AvgIpc) is 2.24. The average molecular weight is 218 g/mol. The molecule has 2 nitrogen and oxygen atoms in total. The van der Waals surface area contributed by atoms with Crippen LogP contribution in [0, 0.1) is 18.8 Å². The van der Waals surface area contributed by atoms with E-state index in [1.165, 1.54) is 24.9 Å². The van der Waals surface area contributed by atoms with Gasteiger partial charge in [-0.3, -0.25) is 4.98 Å². The SMILES string of the molecule is Cc1cc(NC2CCC(C)C(C)C2)ccn1. The van der Waals surface area contributed by atoms with E-state index >= 15 is 0 Å². The Hall–Kier alpha value is -1.05. The van der Waals surface area contributed by atoms with Crippen LogP contribution in [0.1, 0.15) is 38.8 Å². The summed E-state index contributed by atoms with van der Waals surface area (Å²) in [6, 6.07) is 4.84. The minimum absolute atomic E-state index is 0.646. The molecular weight excluding hydrogens is 196 g/mol. The van der Waals surface area contributed by atoms with Crippen LogP contribution in [0.25, 0.3) is 0 Å². The normalized spacial score (nSPS) is 30.1. The second-order valence-electron chi connectivity index (χ2n) is 5.29. The lowest BCUT2D eigenvalue weighted by Crippen LogP contribution is -2.30. The van der Waals surface area contributed by atoms with E-state index in [-0.39, 0.29) is 0 Å². The number of anilines is 1. The molecule has 16 heavy (non-hydrogen) atoms. The number of hydrogen-bond acceptors (Lipinski definition) is 2. The van der Waals surface area contributed by atoms with Crippen LogP contribution in [-0.4, -0.2) is 11.0 Å². The zero-order valence-corrected chi connectivity index (χ0v) is 10.5. The van der Waals surface area contributed by atoms with Crippen LogP contribution in [0.15, 0.2) is 18.3 Å². The monoisotopic (exact) mass is 218 g/mol. The summed E-state index contributed by atoms with van der Waals surface area (Å²) in [7, 11) is 0. The van der Waals surface area contributed by atoms with Crippen molar-refractivity contribution in [1.29, 1.82) is 0 Å². The van der Waals surface area contributed by atoms with Gasteiger partial charge in [0.05, 0.1) is 0 Å². The van der Waals surface area contributed by atoms with Crippen LogP contribution in [0.2, 0.25) is 0 Å². The highest BCUT2D eigenvalue weighted by Crippen LogP contribution is 2.30. The van der Waals surface area contributed by atoms with Gasteiger partial charge in [0.15, 0.2) is 0 Å². The van der Waals surface area contributed by atoms with Crippen molar-refractivity contribution >= 4 is 5.69 Å². The van der Waals surface area contributed by atoms with Crippen LogP contribution in [0.3, 0.4) is 0 Å². The molecule has 1 N–H and O–H groups in total. The van der Waals surface area contributed by atoms with Crippen molar-refractivity contribution in [3.8, 4) is 0 Å². The number of nitrogens with zero attached hydrogens (tertiary/aromatic N) is 1. The lowest BCUT2D eigenvalue weighted by atomic mass is 9.79. The predicted molar refractivity (Wildman–Crippen MR) is 68.6 cm³/mol. The number of nitrogens with one attached hydrogen (secondary N) is 1. The van der Waals surface area contributed by atoms with Gasteiger partial charge >= 0.3 is 0 Å². The number of aromatic nitrogens is 1. The van der Waals surface area contributed by atoms with Gasteiger partial charge in [0, 0.05) is 23.6 Å². The van der Waals surface area contributed by atoms with Crippen LogP contribution in [-0.2, 0) is 0 Å². The molecule has 0 saturated heterocycles. The van der Waals surface area contributed by atoms with Crippen molar-refractivity contribution in [2.24, 2.45) is 11.8 Å². The Morgan fingerprint density at radius 1 is 1.25 bits per heavy atom. The largest absolute Gasteiger partial charge is 0.382 e. The maximum atomic E-state index is 4.22. The molecule has 0 amide bonds. The van der Waals surface area contributed by atoms with E-state index in [9.17, 15) is 0 Å². The molecule has 2 rings (SSSR count). The minimum Gasteiger partial charge on any atom is -0.382 e. The Balaban J connectivity index is 1.95. The number of hydrogen-bond donors (Lipinski definition) is 1. The van der Waals surface area contributed by atoms with Gasteiger partial charge in [-0.15, -0.1) is 0 Å². The fraction of sp³-hybridized carbons (Fsp3) is 0.643. The first kappa shape index (κ1) is 11.4. The maximum Gasteiger partial charge on any atom is 0.0393 e. The Morgan fingerprint density at radius 3 is 2.75 bits per heavy atom. The smallest absolute Gasteiger partial charge is 0.0393 e. The fourth-order valence-corrected chi connectivity index (χ4v) is 2.55. The molecule has 2 heteroatoms. The quantitative estimate of drug-likeness (QED) is 0.820. The first-order chi connectivity index (χ1) is 7.65. The molecule has 0 spiro atoms. The van der Waals surface area contributed by atoms with E-state index in [0.717, 1.165) is 17.5 Å². The molecule has 0 aliphatic heterocycles. The van der Waals surface area contributed by atoms with Gasteiger partial charge in [0.2, 0.25) is 0 Å². The van der Waals surface area contributed by atoms with Gasteiger partial charge in [-0.2, -0.15) is 0 Å². The second kappa shape index (κ2) is 4.86. The zero-order chi connectivity index (χ0) is 11.5. The third-order valence-electron chi connectivity index (χ3n) is 3.87. The van der Waals surface area contributed by atoms with Gasteiger partial charge in [-0.25, -0.2) is 0 Å². The fourth-order valence-electron chi connectivity index (χ4n) is 2.55. The van der Waals surface area contributed by atoms with Crippen molar-refractivity contribution in [3.05, 3.63) is 24.0 Å². The highest BCUT2D eigenvalue weighted by molar-refractivity contribution is 5.43. The number of pyridine rings is 1. The van der Waals surface area contributed by atoms with Crippen molar-refractivity contribution in [1.82, 2.24) is 4.98 Å². The lowest BCUT2D eigenvalue weighted by Gasteiger charge is -2.33. The van der Waals surface area contributed by atoms with Gasteiger partial charge < -0.3 is 5.32 Å². The molecule has 0 bridgehead atoms. The molecule has 1 fully saturated rings. The van der Waals surface area contributed by atoms with E-state index in [4.69, 9.17) is 0 Å². The molecule has 3 unspecified atom stereocenters. The molecule has 1 aliphatic carbocycles. The molecule has 3 atom stereocenters. The lowest BCUT2D eigenvalue weighted by molar-refractivity contribution is 0.261. The molecule has 1 aromatic rings. The first-order valence-electron chi connectivity index (χ1n) is 6.34. The first-order valence-corrected chi connectivity index (χ1v) is 6.34. The molecular formula is C14H22N2. The summed E-state index contributed by atoms with van der Waals surface area (Å²) >= 11 is 0. The third kappa shape index (κ3) is 2.75. The summed E-state index contributed by atoms with van der Waals surface area (Å²) in [4.78, 5) is 4.22. The van der Waals surface area contributed by atoms with Crippen molar-refractivity contribution in [2.45, 2.75) is 46.1 Å². The Morgan fingerprint density at radius 2 is 2.06 bits per heavy atom.